The Kier molecular flexibility index (Phi) is 3.97. The van der Waals surface area contributed by atoms with Gasteiger partial charge in [0, 0.05) is 30.4 Å². The quantitative estimate of drug-likeness (QED) is 0.772. The number of hydrogen-bond donors (Lipinski definition) is 2. The number of anilines is 1. The monoisotopic (exact) mass is 238 g/mol. The molecule has 0 amide bonds. The Morgan fingerprint density at radius 1 is 1.47 bits per heavy atom. The number of rotatable bonds is 5. The minimum absolute atomic E-state index is 0.238. The number of halogens is 1. The van der Waals surface area contributed by atoms with Crippen LogP contribution in [-0.4, -0.2) is 18.8 Å². The van der Waals surface area contributed by atoms with Gasteiger partial charge in [-0.1, -0.05) is 6.07 Å². The molecule has 4 heteroatoms. The van der Waals surface area contributed by atoms with Gasteiger partial charge in [0.2, 0.25) is 0 Å². The van der Waals surface area contributed by atoms with Crippen LogP contribution in [0.4, 0.5) is 10.1 Å². The molecular weight excluding hydrogens is 219 g/mol. The average molecular weight is 238 g/mol. The van der Waals surface area contributed by atoms with Crippen LogP contribution in [0.2, 0.25) is 0 Å². The second kappa shape index (κ2) is 5.47. The van der Waals surface area contributed by atoms with Crippen LogP contribution in [0.15, 0.2) is 18.2 Å². The lowest BCUT2D eigenvalue weighted by Crippen LogP contribution is -2.45. The molecule has 94 valence electrons. The molecular formula is C13H19FN2O. The topological polar surface area (TPSA) is 47.3 Å². The fourth-order valence-electron chi connectivity index (χ4n) is 2.07. The van der Waals surface area contributed by atoms with E-state index >= 15 is 0 Å². The number of nitrogen functional groups attached to an aromatic ring is 1. The van der Waals surface area contributed by atoms with Gasteiger partial charge in [0.15, 0.2) is 0 Å². The van der Waals surface area contributed by atoms with E-state index in [2.05, 4.69) is 5.32 Å². The maximum Gasteiger partial charge on any atom is 0.129 e. The first kappa shape index (κ1) is 12.3. The van der Waals surface area contributed by atoms with Crippen molar-refractivity contribution >= 4 is 5.69 Å². The number of hydrogen-bond acceptors (Lipinski definition) is 3. The summed E-state index contributed by atoms with van der Waals surface area (Å²) in [5.41, 5.74) is 6.63. The summed E-state index contributed by atoms with van der Waals surface area (Å²) in [5.74, 6) is -0.238. The first-order chi connectivity index (χ1) is 8.19. The third kappa shape index (κ3) is 3.17. The summed E-state index contributed by atoms with van der Waals surface area (Å²) < 4.78 is 18.9. The van der Waals surface area contributed by atoms with Gasteiger partial charge >= 0.3 is 0 Å². The zero-order valence-corrected chi connectivity index (χ0v) is 10.1. The molecule has 0 atom stereocenters. The van der Waals surface area contributed by atoms with Crippen LogP contribution < -0.4 is 11.1 Å². The van der Waals surface area contributed by atoms with Gasteiger partial charge in [-0.3, -0.25) is 0 Å². The molecule has 3 N–H and O–H groups in total. The van der Waals surface area contributed by atoms with Gasteiger partial charge in [0.25, 0.3) is 0 Å². The lowest BCUT2D eigenvalue weighted by Gasteiger charge is -2.35. The van der Waals surface area contributed by atoms with Crippen molar-refractivity contribution < 1.29 is 9.13 Å². The molecule has 0 heterocycles. The maximum atomic E-state index is 13.5. The van der Waals surface area contributed by atoms with E-state index in [1.54, 1.807) is 12.1 Å². The van der Waals surface area contributed by atoms with E-state index in [0.29, 0.717) is 29.9 Å². The predicted octanol–water partition coefficient (Wildman–Crippen LogP) is 2.06. The molecule has 0 spiro atoms. The van der Waals surface area contributed by atoms with E-state index in [9.17, 15) is 4.39 Å². The lowest BCUT2D eigenvalue weighted by atomic mass is 9.89. The highest BCUT2D eigenvalue weighted by molar-refractivity contribution is 5.40. The van der Waals surface area contributed by atoms with Gasteiger partial charge in [-0.15, -0.1) is 0 Å². The van der Waals surface area contributed by atoms with Crippen LogP contribution in [0.5, 0.6) is 0 Å². The van der Waals surface area contributed by atoms with Crippen LogP contribution >= 0.6 is 0 Å². The molecule has 0 saturated heterocycles. The van der Waals surface area contributed by atoms with Crippen LogP contribution in [-0.2, 0) is 11.3 Å². The van der Waals surface area contributed by atoms with E-state index in [0.717, 1.165) is 19.4 Å². The molecule has 1 aliphatic rings. The molecule has 2 rings (SSSR count). The Hall–Kier alpha value is -1.13. The van der Waals surface area contributed by atoms with Crippen LogP contribution in [0.3, 0.4) is 0 Å². The summed E-state index contributed by atoms with van der Waals surface area (Å²) in [5, 5.41) is 3.32. The highest BCUT2D eigenvalue weighted by atomic mass is 19.1. The normalized spacial score (nSPS) is 23.4. The van der Waals surface area contributed by atoms with Gasteiger partial charge in [0.05, 0.1) is 6.10 Å². The largest absolute Gasteiger partial charge is 0.399 e. The molecule has 0 aliphatic heterocycles. The van der Waals surface area contributed by atoms with E-state index in [4.69, 9.17) is 10.5 Å². The molecule has 1 aliphatic carbocycles. The van der Waals surface area contributed by atoms with Crippen molar-refractivity contribution in [3.05, 3.63) is 29.6 Å². The van der Waals surface area contributed by atoms with Crippen molar-refractivity contribution in [1.29, 1.82) is 0 Å². The third-order valence-electron chi connectivity index (χ3n) is 3.16. The smallest absolute Gasteiger partial charge is 0.129 e. The molecule has 1 fully saturated rings. The Labute approximate surface area is 101 Å². The maximum absolute atomic E-state index is 13.5. The van der Waals surface area contributed by atoms with Crippen molar-refractivity contribution in [2.45, 2.75) is 38.5 Å². The molecule has 1 saturated carbocycles. The minimum Gasteiger partial charge on any atom is -0.399 e. The zero-order chi connectivity index (χ0) is 12.3. The van der Waals surface area contributed by atoms with E-state index in [1.807, 2.05) is 6.92 Å². The summed E-state index contributed by atoms with van der Waals surface area (Å²) in [6, 6.07) is 5.27. The van der Waals surface area contributed by atoms with Gasteiger partial charge in [-0.2, -0.15) is 0 Å². The SMILES string of the molecule is CCOC1CC(NCc2ccc(N)cc2F)C1. The summed E-state index contributed by atoms with van der Waals surface area (Å²) in [6.07, 6.45) is 2.42. The second-order valence-corrected chi connectivity index (χ2v) is 4.48. The summed E-state index contributed by atoms with van der Waals surface area (Å²) in [6.45, 7) is 3.32. The van der Waals surface area contributed by atoms with Gasteiger partial charge in [-0.05, 0) is 31.9 Å². The van der Waals surface area contributed by atoms with Gasteiger partial charge < -0.3 is 15.8 Å². The van der Waals surface area contributed by atoms with Crippen molar-refractivity contribution in [3.63, 3.8) is 0 Å². The summed E-state index contributed by atoms with van der Waals surface area (Å²) >= 11 is 0. The highest BCUT2D eigenvalue weighted by Gasteiger charge is 2.28. The molecule has 0 bridgehead atoms. The Morgan fingerprint density at radius 3 is 2.88 bits per heavy atom. The average Bonchev–Trinajstić information content (AvgIpc) is 2.23. The van der Waals surface area contributed by atoms with Crippen molar-refractivity contribution in [2.24, 2.45) is 0 Å². The van der Waals surface area contributed by atoms with E-state index in [-0.39, 0.29) is 5.82 Å². The zero-order valence-electron chi connectivity index (χ0n) is 10.1. The first-order valence-corrected chi connectivity index (χ1v) is 6.08. The number of ether oxygens (including phenoxy) is 1. The van der Waals surface area contributed by atoms with Crippen molar-refractivity contribution in [2.75, 3.05) is 12.3 Å². The molecule has 17 heavy (non-hydrogen) atoms. The lowest BCUT2D eigenvalue weighted by molar-refractivity contribution is -0.0102. The van der Waals surface area contributed by atoms with Gasteiger partial charge in [0.1, 0.15) is 5.82 Å². The summed E-state index contributed by atoms with van der Waals surface area (Å²) in [7, 11) is 0. The number of benzene rings is 1. The Bertz CT molecular complexity index is 378. The Morgan fingerprint density at radius 2 is 2.24 bits per heavy atom. The third-order valence-corrected chi connectivity index (χ3v) is 3.16. The van der Waals surface area contributed by atoms with Crippen molar-refractivity contribution in [3.8, 4) is 0 Å². The first-order valence-electron chi connectivity index (χ1n) is 6.08. The fourth-order valence-corrected chi connectivity index (χ4v) is 2.07. The minimum atomic E-state index is -0.238. The second-order valence-electron chi connectivity index (χ2n) is 4.48. The number of nitrogens with two attached hydrogens (primary N) is 1. The predicted molar refractivity (Wildman–Crippen MR) is 66.1 cm³/mol. The molecule has 0 aromatic heterocycles. The fraction of sp³-hybridized carbons (Fsp3) is 0.538. The Balaban J connectivity index is 1.76. The van der Waals surface area contributed by atoms with E-state index in [1.165, 1.54) is 6.07 Å². The standard InChI is InChI=1S/C13H19FN2O/c1-2-17-12-6-11(7-12)16-8-9-3-4-10(15)5-13(9)14/h3-5,11-12,16H,2,6-8,15H2,1H3. The molecule has 0 unspecified atom stereocenters. The van der Waals surface area contributed by atoms with Crippen LogP contribution in [0, 0.1) is 5.82 Å². The van der Waals surface area contributed by atoms with Crippen molar-refractivity contribution in [1.82, 2.24) is 5.32 Å². The van der Waals surface area contributed by atoms with Crippen LogP contribution in [0.1, 0.15) is 25.3 Å². The summed E-state index contributed by atoms with van der Waals surface area (Å²) in [4.78, 5) is 0. The molecule has 1 aromatic rings. The molecule has 0 radical (unpaired) electrons. The number of nitrogens with one attached hydrogen (secondary N) is 1. The van der Waals surface area contributed by atoms with Gasteiger partial charge in [-0.25, -0.2) is 4.39 Å². The van der Waals surface area contributed by atoms with Crippen LogP contribution in [0.25, 0.3) is 0 Å². The van der Waals surface area contributed by atoms with E-state index < -0.39 is 0 Å². The highest BCUT2D eigenvalue weighted by Crippen LogP contribution is 2.23. The molecule has 1 aromatic carbocycles. The molecule has 3 nitrogen and oxygen atoms in total.